The quantitative estimate of drug-likeness (QED) is 0.442. The van der Waals surface area contributed by atoms with E-state index in [1.807, 2.05) is 12.1 Å². The summed E-state index contributed by atoms with van der Waals surface area (Å²) in [5.74, 6) is 0.922. The molecule has 178 valence electrons. The number of aromatic nitrogens is 4. The Labute approximate surface area is 195 Å². The second kappa shape index (κ2) is 9.02. The molecule has 0 amide bonds. The van der Waals surface area contributed by atoms with Crippen molar-refractivity contribution in [1.82, 2.24) is 24.9 Å². The Kier molecular flexibility index (Phi) is 5.91. The van der Waals surface area contributed by atoms with Crippen molar-refractivity contribution in [2.24, 2.45) is 0 Å². The first-order valence-electron chi connectivity index (χ1n) is 11.2. The molecule has 0 unspecified atom stereocenters. The zero-order chi connectivity index (χ0) is 23.8. The lowest BCUT2D eigenvalue weighted by Crippen LogP contribution is -2.36. The highest BCUT2D eigenvalue weighted by molar-refractivity contribution is 5.92. The second-order valence-electron chi connectivity index (χ2n) is 8.54. The maximum absolute atomic E-state index is 14.7. The number of nitrogens with zero attached hydrogens (tertiary/aromatic N) is 4. The summed E-state index contributed by atoms with van der Waals surface area (Å²) in [7, 11) is 3.17. The minimum Gasteiger partial charge on any atom is -0.497 e. The van der Waals surface area contributed by atoms with E-state index >= 15 is 0 Å². The van der Waals surface area contributed by atoms with Crippen LogP contribution in [0.15, 0.2) is 30.3 Å². The van der Waals surface area contributed by atoms with Gasteiger partial charge in [0.2, 0.25) is 5.95 Å². The van der Waals surface area contributed by atoms with E-state index in [-0.39, 0.29) is 16.8 Å². The number of piperidine rings is 1. The van der Waals surface area contributed by atoms with Crippen molar-refractivity contribution in [3.8, 4) is 11.5 Å². The predicted molar refractivity (Wildman–Crippen MR) is 125 cm³/mol. The van der Waals surface area contributed by atoms with Crippen molar-refractivity contribution in [3.63, 3.8) is 0 Å². The van der Waals surface area contributed by atoms with Crippen LogP contribution in [0.2, 0.25) is 0 Å². The number of anilines is 1. The van der Waals surface area contributed by atoms with Gasteiger partial charge in [-0.3, -0.25) is 0 Å². The normalized spacial score (nSPS) is 18.4. The van der Waals surface area contributed by atoms with Crippen LogP contribution in [0.5, 0.6) is 11.5 Å². The number of nitrogens with one attached hydrogen (secondary N) is 2. The number of halogens is 2. The molecule has 1 aliphatic rings. The Bertz CT molecular complexity index is 1350. The molecule has 1 aliphatic heterocycles. The lowest BCUT2D eigenvalue weighted by Gasteiger charge is -2.25. The van der Waals surface area contributed by atoms with E-state index in [0.29, 0.717) is 41.5 Å². The van der Waals surface area contributed by atoms with Crippen LogP contribution in [0, 0.1) is 11.6 Å². The molecule has 2 aromatic carbocycles. The average Bonchev–Trinajstić information content (AvgIpc) is 3.29. The minimum absolute atomic E-state index is 0.0347. The van der Waals surface area contributed by atoms with E-state index in [1.165, 1.54) is 10.6 Å². The highest BCUT2D eigenvalue weighted by Gasteiger charge is 2.25. The largest absolute Gasteiger partial charge is 0.497 e. The van der Waals surface area contributed by atoms with Gasteiger partial charge in [-0.2, -0.15) is 4.52 Å². The first-order chi connectivity index (χ1) is 16.5. The summed E-state index contributed by atoms with van der Waals surface area (Å²) in [5.41, 5.74) is 1.25. The number of hydrogen-bond acceptors (Lipinski definition) is 7. The van der Waals surface area contributed by atoms with E-state index in [2.05, 4.69) is 22.5 Å². The van der Waals surface area contributed by atoms with Gasteiger partial charge in [0.25, 0.3) is 0 Å². The summed E-state index contributed by atoms with van der Waals surface area (Å²) in [5, 5.41) is 11.7. The van der Waals surface area contributed by atoms with Crippen molar-refractivity contribution in [3.05, 3.63) is 53.4 Å². The smallest absolute Gasteiger partial charge is 0.226 e. The third-order valence-corrected chi connectivity index (χ3v) is 6.27. The summed E-state index contributed by atoms with van der Waals surface area (Å²) >= 11 is 0. The van der Waals surface area contributed by atoms with Crippen molar-refractivity contribution in [1.29, 1.82) is 0 Å². The highest BCUT2D eigenvalue weighted by atomic mass is 19.1. The maximum Gasteiger partial charge on any atom is 0.226 e. The molecule has 4 aromatic rings. The molecule has 0 spiro atoms. The molecule has 1 fully saturated rings. The van der Waals surface area contributed by atoms with E-state index in [0.717, 1.165) is 31.0 Å². The maximum atomic E-state index is 14.7. The molecular formula is C24H26F2N6O2. The average molecular weight is 469 g/mol. The highest BCUT2D eigenvalue weighted by Crippen LogP contribution is 2.29. The standard InChI is InChI=1S/C24H26F2N6O2/c1-13-4-5-15(12-27-13)22-30-23-18-8-16(25)9-19(26)21(18)29-24(32(23)31-22)28-11-14-6-7-17(33-2)10-20(14)34-3/h6-10,13,15,27H,4-5,11-12H2,1-3H3,(H,28,29)/t13-,15+/m0/s1. The SMILES string of the molecule is COc1ccc(CNc2nc3c(F)cc(F)cc3c3nc([C@@H]4CC[C@H](C)NC4)nn23)c(OC)c1. The van der Waals surface area contributed by atoms with Crippen LogP contribution in [-0.4, -0.2) is 46.4 Å². The third-order valence-electron chi connectivity index (χ3n) is 6.27. The van der Waals surface area contributed by atoms with Crippen LogP contribution >= 0.6 is 0 Å². The van der Waals surface area contributed by atoms with Gasteiger partial charge >= 0.3 is 0 Å². The molecule has 1 saturated heterocycles. The number of rotatable bonds is 6. The molecule has 2 N–H and O–H groups in total. The molecule has 2 atom stereocenters. The van der Waals surface area contributed by atoms with Gasteiger partial charge in [0, 0.05) is 42.7 Å². The van der Waals surface area contributed by atoms with E-state index in [4.69, 9.17) is 19.6 Å². The second-order valence-corrected chi connectivity index (χ2v) is 8.54. The minimum atomic E-state index is -0.750. The monoisotopic (exact) mass is 468 g/mol. The van der Waals surface area contributed by atoms with Crippen molar-refractivity contribution in [2.45, 2.75) is 38.3 Å². The molecule has 2 aromatic heterocycles. The number of methoxy groups -OCH3 is 2. The summed E-state index contributed by atoms with van der Waals surface area (Å²) < 4.78 is 41.0. The zero-order valence-electron chi connectivity index (χ0n) is 19.2. The number of hydrogen-bond donors (Lipinski definition) is 2. The van der Waals surface area contributed by atoms with Gasteiger partial charge in [0.1, 0.15) is 22.8 Å². The van der Waals surface area contributed by atoms with Gasteiger partial charge in [-0.25, -0.2) is 18.7 Å². The van der Waals surface area contributed by atoms with Crippen molar-refractivity contribution >= 4 is 22.5 Å². The molecular weight excluding hydrogens is 442 g/mol. The Morgan fingerprint density at radius 3 is 2.71 bits per heavy atom. The van der Waals surface area contributed by atoms with Gasteiger partial charge < -0.3 is 20.1 Å². The fourth-order valence-corrected chi connectivity index (χ4v) is 4.33. The Morgan fingerprint density at radius 1 is 1.12 bits per heavy atom. The van der Waals surface area contributed by atoms with Gasteiger partial charge in [-0.05, 0) is 38.0 Å². The summed E-state index contributed by atoms with van der Waals surface area (Å²) in [6, 6.07) is 8.00. The molecule has 0 aliphatic carbocycles. The van der Waals surface area contributed by atoms with Crippen LogP contribution in [-0.2, 0) is 6.54 Å². The summed E-state index contributed by atoms with van der Waals surface area (Å²) in [6.45, 7) is 3.23. The number of benzene rings is 2. The Morgan fingerprint density at radius 2 is 1.97 bits per heavy atom. The molecule has 5 rings (SSSR count). The van der Waals surface area contributed by atoms with Gasteiger partial charge in [-0.15, -0.1) is 5.10 Å². The van der Waals surface area contributed by atoms with E-state index in [9.17, 15) is 8.78 Å². The summed E-state index contributed by atoms with van der Waals surface area (Å²) in [6.07, 6.45) is 1.94. The fourth-order valence-electron chi connectivity index (χ4n) is 4.33. The van der Waals surface area contributed by atoms with Gasteiger partial charge in [-0.1, -0.05) is 0 Å². The molecule has 0 saturated carbocycles. The van der Waals surface area contributed by atoms with E-state index < -0.39 is 11.6 Å². The third kappa shape index (κ3) is 4.09. The van der Waals surface area contributed by atoms with Gasteiger partial charge in [0.15, 0.2) is 17.3 Å². The molecule has 0 bridgehead atoms. The van der Waals surface area contributed by atoms with Crippen molar-refractivity contribution in [2.75, 3.05) is 26.1 Å². The number of fused-ring (bicyclic) bond motifs is 3. The Hall–Kier alpha value is -3.53. The van der Waals surface area contributed by atoms with E-state index in [1.54, 1.807) is 20.3 Å². The van der Waals surface area contributed by atoms with Gasteiger partial charge in [0.05, 0.1) is 19.6 Å². The molecule has 3 heterocycles. The van der Waals surface area contributed by atoms with Crippen LogP contribution in [0.4, 0.5) is 14.7 Å². The summed E-state index contributed by atoms with van der Waals surface area (Å²) in [4.78, 5) is 9.15. The lowest BCUT2D eigenvalue weighted by molar-refractivity contribution is 0.376. The predicted octanol–water partition coefficient (Wildman–Crippen LogP) is 4.04. The molecule has 34 heavy (non-hydrogen) atoms. The van der Waals surface area contributed by atoms with Crippen LogP contribution < -0.4 is 20.1 Å². The van der Waals surface area contributed by atoms with Crippen LogP contribution in [0.1, 0.15) is 37.1 Å². The lowest BCUT2D eigenvalue weighted by atomic mass is 9.95. The zero-order valence-corrected chi connectivity index (χ0v) is 19.2. The first kappa shape index (κ1) is 22.3. The first-order valence-corrected chi connectivity index (χ1v) is 11.2. The molecule has 10 heteroatoms. The van der Waals surface area contributed by atoms with Crippen LogP contribution in [0.3, 0.4) is 0 Å². The topological polar surface area (TPSA) is 85.6 Å². The number of ether oxygens (including phenoxy) is 2. The van der Waals surface area contributed by atoms with Crippen LogP contribution in [0.25, 0.3) is 16.6 Å². The molecule has 8 nitrogen and oxygen atoms in total. The molecule has 0 radical (unpaired) electrons. The van der Waals surface area contributed by atoms with Crippen molar-refractivity contribution < 1.29 is 18.3 Å². The Balaban J connectivity index is 1.57. The fraction of sp³-hybridized carbons (Fsp3) is 0.375.